The van der Waals surface area contributed by atoms with Crippen LogP contribution in [0.4, 0.5) is 0 Å². The highest BCUT2D eigenvalue weighted by Crippen LogP contribution is 2.25. The third kappa shape index (κ3) is 2.81. The Morgan fingerprint density at radius 2 is 1.52 bits per heavy atom. The fourth-order valence-corrected chi connectivity index (χ4v) is 2.85. The molecule has 2 heterocycles. The van der Waals surface area contributed by atoms with Crippen LogP contribution >= 0.6 is 15.9 Å². The van der Waals surface area contributed by atoms with Gasteiger partial charge in [0.25, 0.3) is 11.8 Å². The van der Waals surface area contributed by atoms with Gasteiger partial charge in [0.05, 0.1) is 17.3 Å². The normalized spacial score (nSPS) is 13.7. The van der Waals surface area contributed by atoms with Crippen LogP contribution < -0.4 is 0 Å². The summed E-state index contributed by atoms with van der Waals surface area (Å²) >= 11 is 3.39. The first-order valence-electron chi connectivity index (χ1n) is 7.51. The van der Waals surface area contributed by atoms with E-state index in [9.17, 15) is 9.59 Å². The van der Waals surface area contributed by atoms with E-state index in [1.54, 1.807) is 30.3 Å². The Bertz CT molecular complexity index is 971. The molecule has 2 amide bonds. The van der Waals surface area contributed by atoms with Crippen molar-refractivity contribution in [3.05, 3.63) is 82.0 Å². The summed E-state index contributed by atoms with van der Waals surface area (Å²) in [6.07, 6.45) is 1.37. The zero-order valence-corrected chi connectivity index (χ0v) is 14.4. The van der Waals surface area contributed by atoms with Crippen LogP contribution in [-0.4, -0.2) is 23.0 Å². The van der Waals surface area contributed by atoms with Crippen LogP contribution in [0.25, 0.3) is 11.3 Å². The van der Waals surface area contributed by atoms with Crippen molar-refractivity contribution in [3.8, 4) is 11.3 Å². The number of hydrogen-bond acceptors (Lipinski definition) is 4. The molecule has 122 valence electrons. The molecule has 6 heteroatoms. The van der Waals surface area contributed by atoms with Crippen molar-refractivity contribution in [2.45, 2.75) is 0 Å². The first kappa shape index (κ1) is 15.5. The van der Waals surface area contributed by atoms with Gasteiger partial charge in [-0.05, 0) is 36.4 Å². The smallest absolute Gasteiger partial charge is 0.282 e. The number of fused-ring (bicyclic) bond motifs is 1. The Morgan fingerprint density at radius 3 is 2.16 bits per heavy atom. The number of halogens is 1. The molecule has 0 bridgehead atoms. The Labute approximate surface area is 151 Å². The van der Waals surface area contributed by atoms with E-state index in [1.807, 2.05) is 30.3 Å². The first-order chi connectivity index (χ1) is 12.1. The quantitative estimate of drug-likeness (QED) is 0.490. The lowest BCUT2D eigenvalue weighted by atomic mass is 10.1. The second-order valence-electron chi connectivity index (χ2n) is 5.42. The van der Waals surface area contributed by atoms with Crippen LogP contribution in [0.2, 0.25) is 0 Å². The van der Waals surface area contributed by atoms with Gasteiger partial charge in [-0.25, -0.2) is 0 Å². The van der Waals surface area contributed by atoms with E-state index < -0.39 is 11.8 Å². The molecule has 0 N–H and O–H groups in total. The largest absolute Gasteiger partial charge is 0.455 e. The highest BCUT2D eigenvalue weighted by atomic mass is 79.9. The summed E-state index contributed by atoms with van der Waals surface area (Å²) in [5.41, 5.74) is 1.64. The van der Waals surface area contributed by atoms with Crippen molar-refractivity contribution in [3.63, 3.8) is 0 Å². The molecule has 25 heavy (non-hydrogen) atoms. The highest BCUT2D eigenvalue weighted by Gasteiger charge is 2.35. The zero-order chi connectivity index (χ0) is 17.4. The number of imide groups is 1. The van der Waals surface area contributed by atoms with E-state index in [1.165, 1.54) is 6.21 Å². The van der Waals surface area contributed by atoms with Crippen LogP contribution in [-0.2, 0) is 0 Å². The number of carbonyl (C=O) groups excluding carboxylic acids is 2. The number of rotatable bonds is 3. The van der Waals surface area contributed by atoms with Gasteiger partial charge in [0, 0.05) is 10.0 Å². The van der Waals surface area contributed by atoms with E-state index >= 15 is 0 Å². The fourth-order valence-electron chi connectivity index (χ4n) is 2.59. The molecule has 4 rings (SSSR count). The molecule has 1 aliphatic heterocycles. The molecule has 0 saturated carbocycles. The number of benzene rings is 2. The Hall–Kier alpha value is -2.99. The maximum atomic E-state index is 12.2. The van der Waals surface area contributed by atoms with Crippen molar-refractivity contribution in [2.75, 3.05) is 0 Å². The zero-order valence-electron chi connectivity index (χ0n) is 12.8. The predicted molar refractivity (Wildman–Crippen MR) is 96.4 cm³/mol. The number of hydrazone groups is 1. The number of hydrogen-bond donors (Lipinski definition) is 0. The molecule has 0 unspecified atom stereocenters. The molecular formula is C19H11BrN2O3. The van der Waals surface area contributed by atoms with Crippen molar-refractivity contribution >= 4 is 34.0 Å². The third-order valence-corrected chi connectivity index (χ3v) is 4.36. The monoisotopic (exact) mass is 394 g/mol. The Morgan fingerprint density at radius 1 is 0.880 bits per heavy atom. The first-order valence-corrected chi connectivity index (χ1v) is 8.30. The molecule has 0 fully saturated rings. The lowest BCUT2D eigenvalue weighted by Gasteiger charge is -2.04. The number of furan rings is 1. The maximum absolute atomic E-state index is 12.2. The second-order valence-corrected chi connectivity index (χ2v) is 6.34. The maximum Gasteiger partial charge on any atom is 0.282 e. The van der Waals surface area contributed by atoms with Crippen molar-refractivity contribution in [1.29, 1.82) is 0 Å². The third-order valence-electron chi connectivity index (χ3n) is 3.83. The minimum absolute atomic E-state index is 0.361. The lowest BCUT2D eigenvalue weighted by Crippen LogP contribution is -2.23. The van der Waals surface area contributed by atoms with E-state index in [2.05, 4.69) is 21.0 Å². The predicted octanol–water partition coefficient (Wildman–Crippen LogP) is 4.34. The topological polar surface area (TPSA) is 62.9 Å². The van der Waals surface area contributed by atoms with Crippen LogP contribution in [0, 0.1) is 0 Å². The average Bonchev–Trinajstić information content (AvgIpc) is 3.19. The number of amides is 2. The molecule has 0 radical (unpaired) electrons. The molecule has 0 aliphatic carbocycles. The number of carbonyl (C=O) groups is 2. The van der Waals surface area contributed by atoms with Gasteiger partial charge in [-0.3, -0.25) is 9.59 Å². The summed E-state index contributed by atoms with van der Waals surface area (Å²) in [4.78, 5) is 24.5. The van der Waals surface area contributed by atoms with Crippen molar-refractivity contribution in [1.82, 2.24) is 5.01 Å². The fraction of sp³-hybridized carbons (Fsp3) is 0. The Balaban J connectivity index is 1.56. The minimum atomic E-state index is -0.434. The van der Waals surface area contributed by atoms with Gasteiger partial charge in [0.1, 0.15) is 11.5 Å². The molecule has 3 aromatic rings. The summed E-state index contributed by atoms with van der Waals surface area (Å²) in [5.74, 6) is 0.263. The van der Waals surface area contributed by atoms with Gasteiger partial charge in [-0.1, -0.05) is 40.2 Å². The Kier molecular flexibility index (Phi) is 3.82. The molecule has 1 aromatic heterocycles. The molecule has 5 nitrogen and oxygen atoms in total. The van der Waals surface area contributed by atoms with E-state index in [4.69, 9.17) is 4.42 Å². The molecule has 0 atom stereocenters. The van der Waals surface area contributed by atoms with Crippen molar-refractivity contribution in [2.24, 2.45) is 5.10 Å². The van der Waals surface area contributed by atoms with E-state index in [0.717, 1.165) is 15.0 Å². The molecule has 0 saturated heterocycles. The molecule has 0 spiro atoms. The number of nitrogens with zero attached hydrogens (tertiary/aromatic N) is 2. The average molecular weight is 395 g/mol. The van der Waals surface area contributed by atoms with Crippen LogP contribution in [0.5, 0.6) is 0 Å². The van der Waals surface area contributed by atoms with E-state index in [-0.39, 0.29) is 0 Å². The SMILES string of the molecule is O=C1c2ccccc2C(=O)N1/N=C\c1ccc(-c2ccc(Br)cc2)o1. The molecular weight excluding hydrogens is 384 g/mol. The van der Waals surface area contributed by atoms with Gasteiger partial charge in [0.15, 0.2) is 0 Å². The van der Waals surface area contributed by atoms with Crippen LogP contribution in [0.3, 0.4) is 0 Å². The van der Waals surface area contributed by atoms with Gasteiger partial charge in [-0.2, -0.15) is 10.1 Å². The van der Waals surface area contributed by atoms with Gasteiger partial charge in [-0.15, -0.1) is 0 Å². The van der Waals surface area contributed by atoms with Crippen LogP contribution in [0.15, 0.2) is 74.7 Å². The second kappa shape index (κ2) is 6.14. The van der Waals surface area contributed by atoms with E-state index in [0.29, 0.717) is 22.6 Å². The van der Waals surface area contributed by atoms with Gasteiger partial charge < -0.3 is 4.42 Å². The molecule has 2 aromatic carbocycles. The standard InChI is InChI=1S/C19H11BrN2O3/c20-13-7-5-12(6-8-13)17-10-9-14(25-17)11-21-22-18(23)15-3-1-2-4-16(15)19(22)24/h1-11H/b21-11-. The van der Waals surface area contributed by atoms with Gasteiger partial charge >= 0.3 is 0 Å². The summed E-state index contributed by atoms with van der Waals surface area (Å²) in [5, 5.41) is 4.85. The summed E-state index contributed by atoms with van der Waals surface area (Å²) in [7, 11) is 0. The van der Waals surface area contributed by atoms with Crippen LogP contribution in [0.1, 0.15) is 26.5 Å². The minimum Gasteiger partial charge on any atom is -0.455 e. The summed E-state index contributed by atoms with van der Waals surface area (Å²) in [6.45, 7) is 0. The van der Waals surface area contributed by atoms with Crippen molar-refractivity contribution < 1.29 is 14.0 Å². The summed E-state index contributed by atoms with van der Waals surface area (Å²) < 4.78 is 6.68. The van der Waals surface area contributed by atoms with Gasteiger partial charge in [0.2, 0.25) is 0 Å². The lowest BCUT2D eigenvalue weighted by molar-refractivity contribution is 0.0660. The molecule has 1 aliphatic rings. The summed E-state index contributed by atoms with van der Waals surface area (Å²) in [6, 6.07) is 17.9. The highest BCUT2D eigenvalue weighted by molar-refractivity contribution is 9.10.